The molecule has 0 radical (unpaired) electrons. The maximum Gasteiger partial charge on any atom is 1.00 e. The third-order valence-electron chi connectivity index (χ3n) is 7.37. The topological polar surface area (TPSA) is 74.6 Å². The summed E-state index contributed by atoms with van der Waals surface area (Å²) in [5.41, 5.74) is 0. The van der Waals surface area contributed by atoms with Crippen molar-refractivity contribution >= 4 is 11.9 Å². The molecule has 0 aromatic rings. The fraction of sp³-hybridized carbons (Fsp3) is 0.933. The molecule has 0 heterocycles. The van der Waals surface area contributed by atoms with Gasteiger partial charge in [-0.05, 0) is 25.7 Å². The van der Waals surface area contributed by atoms with Gasteiger partial charge in [0.15, 0.2) is 0 Å². The quantitative estimate of drug-likeness (QED) is 0.0938. The Morgan fingerprint density at radius 3 is 0.857 bits per heavy atom. The zero-order valence-electron chi connectivity index (χ0n) is 24.8. The van der Waals surface area contributed by atoms with E-state index in [2.05, 4.69) is 13.8 Å². The monoisotopic (exact) mass is 506 g/mol. The Labute approximate surface area is 241 Å². The Balaban J connectivity index is -0.00000544. The summed E-state index contributed by atoms with van der Waals surface area (Å²) in [6, 6.07) is 0. The molecule has 0 aromatic heterocycles. The largest absolute Gasteiger partial charge is 1.00 e. The number of unbranched alkanes of at least 4 members (excludes halogenated alkanes) is 17. The van der Waals surface area contributed by atoms with Gasteiger partial charge in [-0.25, -0.2) is 0 Å². The van der Waals surface area contributed by atoms with E-state index in [0.29, 0.717) is 0 Å². The minimum absolute atomic E-state index is 0. The first-order valence-corrected chi connectivity index (χ1v) is 15.0. The molecule has 4 nitrogen and oxygen atoms in total. The number of aliphatic carboxylic acids is 2. The molecule has 2 N–H and O–H groups in total. The van der Waals surface area contributed by atoms with E-state index in [-0.39, 0.29) is 42.8 Å². The second-order valence-corrected chi connectivity index (χ2v) is 10.6. The van der Waals surface area contributed by atoms with Crippen molar-refractivity contribution in [1.82, 2.24) is 0 Å². The van der Waals surface area contributed by atoms with Gasteiger partial charge in [0, 0.05) is 0 Å². The van der Waals surface area contributed by atoms with Gasteiger partial charge in [0.05, 0.1) is 11.8 Å². The van der Waals surface area contributed by atoms with Gasteiger partial charge in [-0.15, -0.1) is 0 Å². The first-order valence-electron chi connectivity index (χ1n) is 15.0. The molecule has 0 spiro atoms. The standard InChI is InChI=1S/C30H58O4.Na.H/c1-3-5-7-9-11-13-15-19-23-27(29(31)32)25-21-17-18-22-26-28(30(33)34)24-20-16-14-12-10-8-6-4-2;;/h27-28H,3-26H2,1-2H3,(H,31,32)(H,33,34);;/q;+1;-1. The van der Waals surface area contributed by atoms with Crippen molar-refractivity contribution in [2.75, 3.05) is 0 Å². The van der Waals surface area contributed by atoms with Gasteiger partial charge in [0.2, 0.25) is 0 Å². The Kier molecular flexibility index (Phi) is 30.2. The summed E-state index contributed by atoms with van der Waals surface area (Å²) in [7, 11) is 0. The molecule has 0 saturated heterocycles. The van der Waals surface area contributed by atoms with Crippen LogP contribution in [0, 0.1) is 11.8 Å². The number of rotatable bonds is 27. The molecular weight excluding hydrogens is 447 g/mol. The second-order valence-electron chi connectivity index (χ2n) is 10.6. The van der Waals surface area contributed by atoms with Gasteiger partial charge in [-0.3, -0.25) is 9.59 Å². The van der Waals surface area contributed by atoms with Gasteiger partial charge >= 0.3 is 41.5 Å². The summed E-state index contributed by atoms with van der Waals surface area (Å²) >= 11 is 0. The average Bonchev–Trinajstić information content (AvgIpc) is 2.81. The molecule has 204 valence electrons. The molecule has 0 saturated carbocycles. The van der Waals surface area contributed by atoms with Crippen LogP contribution in [0.25, 0.3) is 0 Å². The third kappa shape index (κ3) is 25.4. The van der Waals surface area contributed by atoms with E-state index in [1.165, 1.54) is 77.0 Å². The molecule has 0 rings (SSSR count). The van der Waals surface area contributed by atoms with Crippen LogP contribution in [0.15, 0.2) is 0 Å². The van der Waals surface area contributed by atoms with E-state index < -0.39 is 11.9 Å². The maximum absolute atomic E-state index is 11.6. The molecule has 0 aromatic carbocycles. The van der Waals surface area contributed by atoms with Crippen molar-refractivity contribution < 1.29 is 50.8 Å². The number of hydrogen-bond donors (Lipinski definition) is 2. The van der Waals surface area contributed by atoms with Crippen LogP contribution >= 0.6 is 0 Å². The Bertz CT molecular complexity index is 434. The van der Waals surface area contributed by atoms with Crippen molar-refractivity contribution in [3.63, 3.8) is 0 Å². The average molecular weight is 507 g/mol. The zero-order valence-corrected chi connectivity index (χ0v) is 25.8. The van der Waals surface area contributed by atoms with Crippen LogP contribution < -0.4 is 29.6 Å². The van der Waals surface area contributed by atoms with Crippen LogP contribution in [0.5, 0.6) is 0 Å². The molecule has 2 atom stereocenters. The minimum Gasteiger partial charge on any atom is -1.00 e. The fourth-order valence-corrected chi connectivity index (χ4v) is 4.97. The summed E-state index contributed by atoms with van der Waals surface area (Å²) in [6.45, 7) is 4.47. The third-order valence-corrected chi connectivity index (χ3v) is 7.37. The maximum atomic E-state index is 11.6. The van der Waals surface area contributed by atoms with E-state index in [0.717, 1.165) is 77.0 Å². The number of hydrogen-bond acceptors (Lipinski definition) is 2. The van der Waals surface area contributed by atoms with Crippen molar-refractivity contribution in [3.05, 3.63) is 0 Å². The SMILES string of the molecule is CCCCCCCCCCC(CCCCCCC(CCCCCCCCCC)C(=O)O)C(=O)O.[H-].[Na+]. The van der Waals surface area contributed by atoms with Crippen molar-refractivity contribution in [1.29, 1.82) is 0 Å². The summed E-state index contributed by atoms with van der Waals surface area (Å²) in [6.07, 6.45) is 27.0. The Hall–Kier alpha value is -0.0600. The van der Waals surface area contributed by atoms with Gasteiger partial charge in [0.25, 0.3) is 0 Å². The molecule has 0 amide bonds. The first-order chi connectivity index (χ1) is 16.5. The molecule has 2 unspecified atom stereocenters. The summed E-state index contributed by atoms with van der Waals surface area (Å²) < 4.78 is 0. The van der Waals surface area contributed by atoms with E-state index in [1.54, 1.807) is 0 Å². The van der Waals surface area contributed by atoms with Crippen LogP contribution in [0.2, 0.25) is 0 Å². The van der Waals surface area contributed by atoms with E-state index in [4.69, 9.17) is 0 Å². The van der Waals surface area contributed by atoms with E-state index in [9.17, 15) is 19.8 Å². The smallest absolute Gasteiger partial charge is 1.00 e. The molecule has 5 heteroatoms. The molecule has 0 bridgehead atoms. The summed E-state index contributed by atoms with van der Waals surface area (Å²) in [5, 5.41) is 19.0. The Morgan fingerprint density at radius 1 is 0.457 bits per heavy atom. The van der Waals surface area contributed by atoms with Crippen LogP contribution in [0.4, 0.5) is 0 Å². The number of carboxylic acid groups (broad SMARTS) is 2. The molecule has 0 aliphatic carbocycles. The van der Waals surface area contributed by atoms with Crippen molar-refractivity contribution in [3.8, 4) is 0 Å². The number of carbonyl (C=O) groups is 2. The second kappa shape index (κ2) is 28.5. The minimum atomic E-state index is -0.640. The Morgan fingerprint density at radius 2 is 0.657 bits per heavy atom. The van der Waals surface area contributed by atoms with E-state index >= 15 is 0 Å². The van der Waals surface area contributed by atoms with Crippen LogP contribution in [-0.4, -0.2) is 22.2 Å². The molecule has 0 aliphatic rings. The molecular formula is C30H59NaO4. The van der Waals surface area contributed by atoms with Crippen LogP contribution in [0.3, 0.4) is 0 Å². The van der Waals surface area contributed by atoms with Crippen LogP contribution in [-0.2, 0) is 9.59 Å². The summed E-state index contributed by atoms with van der Waals surface area (Å²) in [4.78, 5) is 23.1. The van der Waals surface area contributed by atoms with Crippen molar-refractivity contribution in [2.24, 2.45) is 11.8 Å². The summed E-state index contributed by atoms with van der Waals surface area (Å²) in [5.74, 6) is -1.68. The van der Waals surface area contributed by atoms with E-state index in [1.807, 2.05) is 0 Å². The number of carboxylic acids is 2. The fourth-order valence-electron chi connectivity index (χ4n) is 4.97. The van der Waals surface area contributed by atoms with Gasteiger partial charge in [-0.1, -0.05) is 142 Å². The predicted molar refractivity (Wildman–Crippen MR) is 146 cm³/mol. The predicted octanol–water partition coefficient (Wildman–Crippen LogP) is 6.91. The molecule has 0 fully saturated rings. The first kappa shape index (κ1) is 37.1. The van der Waals surface area contributed by atoms with Crippen LogP contribution in [0.1, 0.15) is 169 Å². The normalized spacial score (nSPS) is 12.7. The van der Waals surface area contributed by atoms with Gasteiger partial charge < -0.3 is 11.6 Å². The van der Waals surface area contributed by atoms with Gasteiger partial charge in [0.1, 0.15) is 0 Å². The van der Waals surface area contributed by atoms with Crippen molar-refractivity contribution in [2.45, 2.75) is 168 Å². The molecule has 0 aliphatic heterocycles. The zero-order chi connectivity index (χ0) is 25.3. The van der Waals surface area contributed by atoms with Gasteiger partial charge in [-0.2, -0.15) is 0 Å². The molecule has 35 heavy (non-hydrogen) atoms.